The quantitative estimate of drug-likeness (QED) is 0.553. The fourth-order valence-corrected chi connectivity index (χ4v) is 1.29. The molecule has 0 aliphatic carbocycles. The second-order valence-corrected chi connectivity index (χ2v) is 4.50. The highest BCUT2D eigenvalue weighted by atomic mass is 16.5. The minimum absolute atomic E-state index is 0.0476. The summed E-state index contributed by atoms with van der Waals surface area (Å²) in [5.41, 5.74) is 0. The van der Waals surface area contributed by atoms with Gasteiger partial charge >= 0.3 is 5.97 Å². The molecule has 0 heterocycles. The molecule has 18 heavy (non-hydrogen) atoms. The summed E-state index contributed by atoms with van der Waals surface area (Å²) in [5.74, 6) is -0.944. The molecule has 0 radical (unpaired) electrons. The Labute approximate surface area is 108 Å². The second kappa shape index (κ2) is 9.85. The largest absolute Gasteiger partial charge is 0.481 e. The molecule has 2 N–H and O–H groups in total. The molecule has 0 atom stereocenters. The van der Waals surface area contributed by atoms with E-state index < -0.39 is 5.97 Å². The Morgan fingerprint density at radius 3 is 2.61 bits per heavy atom. The van der Waals surface area contributed by atoms with E-state index in [9.17, 15) is 9.59 Å². The highest BCUT2D eigenvalue weighted by Gasteiger charge is 2.07. The minimum atomic E-state index is -0.854. The van der Waals surface area contributed by atoms with E-state index in [-0.39, 0.29) is 25.0 Å². The van der Waals surface area contributed by atoms with Crippen molar-refractivity contribution in [1.82, 2.24) is 10.2 Å². The van der Waals surface area contributed by atoms with Gasteiger partial charge in [0.25, 0.3) is 0 Å². The van der Waals surface area contributed by atoms with E-state index in [2.05, 4.69) is 5.32 Å². The maximum Gasteiger partial charge on any atom is 0.304 e. The molecule has 0 aromatic heterocycles. The zero-order valence-electron chi connectivity index (χ0n) is 11.4. The molecule has 0 bridgehead atoms. The van der Waals surface area contributed by atoms with E-state index in [0.717, 1.165) is 6.42 Å². The summed E-state index contributed by atoms with van der Waals surface area (Å²) in [6, 6.07) is 0. The van der Waals surface area contributed by atoms with E-state index in [0.29, 0.717) is 19.7 Å². The molecule has 0 aliphatic heterocycles. The minimum Gasteiger partial charge on any atom is -0.481 e. The molecule has 1 amide bonds. The van der Waals surface area contributed by atoms with Gasteiger partial charge in [-0.3, -0.25) is 14.5 Å². The number of nitrogens with zero attached hydrogens (tertiary/aromatic N) is 1. The third kappa shape index (κ3) is 11.3. The molecular formula is C12H24N2O4. The van der Waals surface area contributed by atoms with Crippen LogP contribution in [0.2, 0.25) is 0 Å². The van der Waals surface area contributed by atoms with Crippen LogP contribution in [0.25, 0.3) is 0 Å². The highest BCUT2D eigenvalue weighted by molar-refractivity contribution is 5.78. The van der Waals surface area contributed by atoms with Crippen molar-refractivity contribution in [2.45, 2.75) is 32.8 Å². The number of ether oxygens (including phenoxy) is 1. The standard InChI is InChI=1S/C12H24N2O4/c1-10(2)18-8-4-6-13-11(15)9-14(3)7-5-12(16)17/h10H,4-9H2,1-3H3,(H,13,15)(H,16,17). The first-order valence-corrected chi connectivity index (χ1v) is 6.20. The molecule has 6 heteroatoms. The summed E-state index contributed by atoms with van der Waals surface area (Å²) >= 11 is 0. The number of carboxylic acid groups (broad SMARTS) is 1. The summed E-state index contributed by atoms with van der Waals surface area (Å²) in [6.45, 7) is 5.74. The molecule has 0 fully saturated rings. The monoisotopic (exact) mass is 260 g/mol. The fraction of sp³-hybridized carbons (Fsp3) is 0.833. The van der Waals surface area contributed by atoms with Gasteiger partial charge in [0.15, 0.2) is 0 Å². The number of likely N-dealkylation sites (N-methyl/N-ethyl adjacent to an activating group) is 1. The van der Waals surface area contributed by atoms with Gasteiger partial charge in [-0.05, 0) is 27.3 Å². The van der Waals surface area contributed by atoms with Gasteiger partial charge < -0.3 is 15.2 Å². The number of nitrogens with one attached hydrogen (secondary N) is 1. The Morgan fingerprint density at radius 1 is 1.39 bits per heavy atom. The number of rotatable bonds is 10. The smallest absolute Gasteiger partial charge is 0.304 e. The lowest BCUT2D eigenvalue weighted by Crippen LogP contribution is -2.36. The lowest BCUT2D eigenvalue weighted by atomic mass is 10.4. The number of carboxylic acids is 1. The number of hydrogen-bond acceptors (Lipinski definition) is 4. The van der Waals surface area contributed by atoms with Crippen LogP contribution in [0.5, 0.6) is 0 Å². The summed E-state index contributed by atoms with van der Waals surface area (Å²) in [4.78, 5) is 23.5. The van der Waals surface area contributed by atoms with Gasteiger partial charge in [0.2, 0.25) is 5.91 Å². The molecule has 106 valence electrons. The SMILES string of the molecule is CC(C)OCCCNC(=O)CN(C)CCC(=O)O. The van der Waals surface area contributed by atoms with Gasteiger partial charge in [-0.2, -0.15) is 0 Å². The van der Waals surface area contributed by atoms with Crippen LogP contribution in [0.3, 0.4) is 0 Å². The average Bonchev–Trinajstić information content (AvgIpc) is 2.25. The van der Waals surface area contributed by atoms with Crippen molar-refractivity contribution in [3.05, 3.63) is 0 Å². The van der Waals surface area contributed by atoms with Crippen molar-refractivity contribution < 1.29 is 19.4 Å². The first kappa shape index (κ1) is 16.9. The third-order valence-electron chi connectivity index (χ3n) is 2.22. The Kier molecular flexibility index (Phi) is 9.22. The molecule has 0 aromatic rings. The maximum atomic E-state index is 11.5. The van der Waals surface area contributed by atoms with Crippen LogP contribution < -0.4 is 5.32 Å². The Bertz CT molecular complexity index is 256. The van der Waals surface area contributed by atoms with E-state index in [1.165, 1.54) is 0 Å². The highest BCUT2D eigenvalue weighted by Crippen LogP contribution is 1.90. The number of aliphatic carboxylic acids is 1. The van der Waals surface area contributed by atoms with Gasteiger partial charge in [0.1, 0.15) is 0 Å². The molecule has 0 unspecified atom stereocenters. The fourth-order valence-electron chi connectivity index (χ4n) is 1.29. The van der Waals surface area contributed by atoms with Crippen LogP contribution in [0.15, 0.2) is 0 Å². The first-order chi connectivity index (χ1) is 8.41. The van der Waals surface area contributed by atoms with Crippen molar-refractivity contribution in [1.29, 1.82) is 0 Å². The topological polar surface area (TPSA) is 78.9 Å². The third-order valence-corrected chi connectivity index (χ3v) is 2.22. The van der Waals surface area contributed by atoms with Gasteiger partial charge in [0, 0.05) is 19.7 Å². The van der Waals surface area contributed by atoms with Crippen molar-refractivity contribution in [2.75, 3.05) is 33.3 Å². The molecule has 6 nitrogen and oxygen atoms in total. The summed E-state index contributed by atoms with van der Waals surface area (Å²) in [6.07, 6.45) is 1.04. The number of amides is 1. The van der Waals surface area contributed by atoms with Crippen LogP contribution >= 0.6 is 0 Å². The number of carbonyl (C=O) groups is 2. The molecular weight excluding hydrogens is 236 g/mol. The van der Waals surface area contributed by atoms with Crippen molar-refractivity contribution >= 4 is 11.9 Å². The molecule has 0 aromatic carbocycles. The van der Waals surface area contributed by atoms with Gasteiger partial charge in [0.05, 0.1) is 19.1 Å². The molecule has 0 rings (SSSR count). The van der Waals surface area contributed by atoms with Crippen molar-refractivity contribution in [3.8, 4) is 0 Å². The van der Waals surface area contributed by atoms with Crippen LogP contribution in [0, 0.1) is 0 Å². The van der Waals surface area contributed by atoms with Crippen LogP contribution in [0.1, 0.15) is 26.7 Å². The van der Waals surface area contributed by atoms with Gasteiger partial charge in [-0.15, -0.1) is 0 Å². The molecule has 0 saturated carbocycles. The predicted molar refractivity (Wildman–Crippen MR) is 68.5 cm³/mol. The van der Waals surface area contributed by atoms with Gasteiger partial charge in [-0.25, -0.2) is 0 Å². The summed E-state index contributed by atoms with van der Waals surface area (Å²) < 4.78 is 5.34. The first-order valence-electron chi connectivity index (χ1n) is 6.20. The van der Waals surface area contributed by atoms with E-state index in [1.807, 2.05) is 13.8 Å². The second-order valence-electron chi connectivity index (χ2n) is 4.50. The van der Waals surface area contributed by atoms with Crippen molar-refractivity contribution in [2.24, 2.45) is 0 Å². The van der Waals surface area contributed by atoms with E-state index >= 15 is 0 Å². The zero-order chi connectivity index (χ0) is 14.0. The normalized spacial score (nSPS) is 10.9. The van der Waals surface area contributed by atoms with Crippen LogP contribution in [0.4, 0.5) is 0 Å². The Morgan fingerprint density at radius 2 is 2.06 bits per heavy atom. The molecule has 0 spiro atoms. The molecule has 0 aliphatic rings. The predicted octanol–water partition coefficient (Wildman–Crippen LogP) is 0.324. The summed E-state index contributed by atoms with van der Waals surface area (Å²) in [7, 11) is 1.73. The zero-order valence-corrected chi connectivity index (χ0v) is 11.4. The lowest BCUT2D eigenvalue weighted by molar-refractivity contribution is -0.137. The number of carbonyl (C=O) groups excluding carboxylic acids is 1. The van der Waals surface area contributed by atoms with E-state index in [4.69, 9.17) is 9.84 Å². The van der Waals surface area contributed by atoms with Crippen LogP contribution in [-0.4, -0.2) is 61.3 Å². The van der Waals surface area contributed by atoms with Crippen molar-refractivity contribution in [3.63, 3.8) is 0 Å². The Balaban J connectivity index is 3.49. The summed E-state index contributed by atoms with van der Waals surface area (Å²) in [5, 5.41) is 11.3. The van der Waals surface area contributed by atoms with Crippen LogP contribution in [-0.2, 0) is 14.3 Å². The van der Waals surface area contributed by atoms with E-state index in [1.54, 1.807) is 11.9 Å². The average molecular weight is 260 g/mol. The lowest BCUT2D eigenvalue weighted by Gasteiger charge is -2.15. The number of hydrogen-bond donors (Lipinski definition) is 2. The molecule has 0 saturated heterocycles. The van der Waals surface area contributed by atoms with Gasteiger partial charge in [-0.1, -0.05) is 0 Å². The maximum absolute atomic E-state index is 11.5. The Hall–Kier alpha value is -1.14.